The number of aryl methyl sites for hydroxylation is 1. The Morgan fingerprint density at radius 2 is 2.03 bits per heavy atom. The smallest absolute Gasteiger partial charge is 0.163 e. The number of hydrogen-bond acceptors (Lipinski definition) is 7. The second kappa shape index (κ2) is 9.56. The van der Waals surface area contributed by atoms with E-state index in [-0.39, 0.29) is 6.04 Å². The van der Waals surface area contributed by atoms with Crippen LogP contribution in [-0.2, 0) is 11.3 Å². The molecule has 1 fully saturated rings. The maximum absolute atomic E-state index is 5.51. The van der Waals surface area contributed by atoms with Crippen LogP contribution in [0.15, 0.2) is 24.5 Å². The number of nitrogens with one attached hydrogen (secondary N) is 1. The van der Waals surface area contributed by atoms with Crippen LogP contribution < -0.4 is 14.8 Å². The molecule has 1 aliphatic rings. The van der Waals surface area contributed by atoms with E-state index < -0.39 is 0 Å². The molecule has 0 aliphatic carbocycles. The monoisotopic (exact) mass is 399 g/mol. The molecule has 4 rings (SSSR count). The van der Waals surface area contributed by atoms with Gasteiger partial charge in [0.2, 0.25) is 0 Å². The van der Waals surface area contributed by atoms with Crippen LogP contribution in [0.5, 0.6) is 11.5 Å². The molecule has 1 aliphatic heterocycles. The van der Waals surface area contributed by atoms with Gasteiger partial charge in [0.25, 0.3) is 0 Å². The maximum atomic E-state index is 5.51. The molecule has 1 aromatic carbocycles. The average molecular weight is 399 g/mol. The highest BCUT2D eigenvalue weighted by molar-refractivity contribution is 5.89. The SMILES string of the molecule is CC.COc1ccc(CNc2ncnc3c2c(C)nn3C2CCOC2)c(OC)c1. The first kappa shape index (κ1) is 20.9. The summed E-state index contributed by atoms with van der Waals surface area (Å²) in [7, 11) is 3.29. The van der Waals surface area contributed by atoms with Crippen LogP contribution in [0.3, 0.4) is 0 Å². The Kier molecular flexibility index (Phi) is 6.87. The molecule has 0 radical (unpaired) electrons. The van der Waals surface area contributed by atoms with Crippen LogP contribution in [0.2, 0.25) is 0 Å². The Labute approximate surface area is 171 Å². The predicted molar refractivity (Wildman–Crippen MR) is 113 cm³/mol. The number of nitrogens with zero attached hydrogens (tertiary/aromatic N) is 4. The summed E-state index contributed by atoms with van der Waals surface area (Å²) in [4.78, 5) is 8.91. The lowest BCUT2D eigenvalue weighted by Crippen LogP contribution is -2.11. The molecule has 8 heteroatoms. The number of rotatable bonds is 6. The number of methoxy groups -OCH3 is 2. The van der Waals surface area contributed by atoms with Gasteiger partial charge in [0.05, 0.1) is 37.9 Å². The zero-order valence-electron chi connectivity index (χ0n) is 17.7. The van der Waals surface area contributed by atoms with Crippen molar-refractivity contribution in [2.75, 3.05) is 32.8 Å². The molecule has 1 saturated heterocycles. The van der Waals surface area contributed by atoms with E-state index in [9.17, 15) is 0 Å². The van der Waals surface area contributed by atoms with Crippen molar-refractivity contribution in [1.29, 1.82) is 0 Å². The van der Waals surface area contributed by atoms with Gasteiger partial charge in [-0.3, -0.25) is 0 Å². The van der Waals surface area contributed by atoms with Crippen molar-refractivity contribution in [3.63, 3.8) is 0 Å². The van der Waals surface area contributed by atoms with Gasteiger partial charge in [-0.1, -0.05) is 13.8 Å². The van der Waals surface area contributed by atoms with E-state index in [1.165, 1.54) is 0 Å². The van der Waals surface area contributed by atoms with Gasteiger partial charge in [0.1, 0.15) is 23.6 Å². The van der Waals surface area contributed by atoms with E-state index in [0.29, 0.717) is 13.2 Å². The summed E-state index contributed by atoms with van der Waals surface area (Å²) in [6.07, 6.45) is 2.52. The van der Waals surface area contributed by atoms with Gasteiger partial charge in [-0.25, -0.2) is 14.6 Å². The summed E-state index contributed by atoms with van der Waals surface area (Å²) in [6, 6.07) is 5.99. The van der Waals surface area contributed by atoms with Crippen molar-refractivity contribution in [2.24, 2.45) is 0 Å². The Hall–Kier alpha value is -2.87. The van der Waals surface area contributed by atoms with E-state index in [1.54, 1.807) is 20.5 Å². The Balaban J connectivity index is 0.00000117. The van der Waals surface area contributed by atoms with Crippen molar-refractivity contribution in [3.8, 4) is 11.5 Å². The van der Waals surface area contributed by atoms with Crippen LogP contribution in [-0.4, -0.2) is 47.2 Å². The Morgan fingerprint density at radius 1 is 1.21 bits per heavy atom. The molecule has 1 atom stereocenters. The lowest BCUT2D eigenvalue weighted by molar-refractivity contribution is 0.185. The third-order valence-electron chi connectivity index (χ3n) is 4.86. The van der Waals surface area contributed by atoms with Crippen molar-refractivity contribution in [1.82, 2.24) is 19.7 Å². The van der Waals surface area contributed by atoms with Gasteiger partial charge in [-0.2, -0.15) is 5.10 Å². The third-order valence-corrected chi connectivity index (χ3v) is 4.86. The van der Waals surface area contributed by atoms with Crippen molar-refractivity contribution >= 4 is 16.9 Å². The van der Waals surface area contributed by atoms with Crippen molar-refractivity contribution in [2.45, 2.75) is 39.8 Å². The van der Waals surface area contributed by atoms with E-state index in [0.717, 1.165) is 52.6 Å². The number of benzene rings is 1. The van der Waals surface area contributed by atoms with E-state index in [1.807, 2.05) is 43.7 Å². The molecule has 156 valence electrons. The number of aromatic nitrogens is 4. The average Bonchev–Trinajstić information content (AvgIpc) is 3.42. The minimum Gasteiger partial charge on any atom is -0.497 e. The van der Waals surface area contributed by atoms with Gasteiger partial charge >= 0.3 is 0 Å². The van der Waals surface area contributed by atoms with Gasteiger partial charge in [-0.15, -0.1) is 0 Å². The Bertz CT molecular complexity index is 951. The molecule has 8 nitrogen and oxygen atoms in total. The molecular weight excluding hydrogens is 370 g/mol. The molecule has 3 aromatic rings. The van der Waals surface area contributed by atoms with Crippen LogP contribution in [0.25, 0.3) is 11.0 Å². The van der Waals surface area contributed by atoms with Crippen LogP contribution >= 0.6 is 0 Å². The summed E-state index contributed by atoms with van der Waals surface area (Å²) >= 11 is 0. The van der Waals surface area contributed by atoms with E-state index >= 15 is 0 Å². The molecule has 29 heavy (non-hydrogen) atoms. The molecule has 0 saturated carbocycles. The normalized spacial score (nSPS) is 15.7. The minimum absolute atomic E-state index is 0.227. The number of anilines is 1. The zero-order chi connectivity index (χ0) is 20.8. The summed E-state index contributed by atoms with van der Waals surface area (Å²) in [6.45, 7) is 7.98. The lowest BCUT2D eigenvalue weighted by Gasteiger charge is -2.12. The van der Waals surface area contributed by atoms with Gasteiger partial charge in [0.15, 0.2) is 5.65 Å². The lowest BCUT2D eigenvalue weighted by atomic mass is 10.2. The number of hydrogen-bond donors (Lipinski definition) is 1. The molecule has 2 aromatic heterocycles. The topological polar surface area (TPSA) is 83.3 Å². The van der Waals surface area contributed by atoms with Gasteiger partial charge in [0, 0.05) is 24.8 Å². The number of ether oxygens (including phenoxy) is 3. The standard InChI is InChI=1S/C19H23N5O3.C2H6/c1-12-17-18(20-9-13-4-5-15(25-2)8-16(13)26-3)21-11-22-19(17)24(23-12)14-6-7-27-10-14;1-2/h4-5,8,11,14H,6-7,9-10H2,1-3H3,(H,20,21,22);1-2H3. The highest BCUT2D eigenvalue weighted by Gasteiger charge is 2.23. The predicted octanol–water partition coefficient (Wildman–Crippen LogP) is 3.75. The van der Waals surface area contributed by atoms with E-state index in [4.69, 9.17) is 19.3 Å². The maximum Gasteiger partial charge on any atom is 0.163 e. The zero-order valence-corrected chi connectivity index (χ0v) is 17.7. The largest absolute Gasteiger partial charge is 0.497 e. The first-order chi connectivity index (χ1) is 14.2. The quantitative estimate of drug-likeness (QED) is 0.676. The molecule has 0 spiro atoms. The first-order valence-electron chi connectivity index (χ1n) is 9.93. The third kappa shape index (κ3) is 4.27. The van der Waals surface area contributed by atoms with Crippen LogP contribution in [0.4, 0.5) is 5.82 Å². The fraction of sp³-hybridized carbons (Fsp3) is 0.476. The summed E-state index contributed by atoms with van der Waals surface area (Å²) < 4.78 is 18.2. The first-order valence-corrected chi connectivity index (χ1v) is 9.93. The molecule has 1 unspecified atom stereocenters. The molecule has 0 amide bonds. The summed E-state index contributed by atoms with van der Waals surface area (Å²) in [5, 5.41) is 9.04. The highest BCUT2D eigenvalue weighted by atomic mass is 16.5. The summed E-state index contributed by atoms with van der Waals surface area (Å²) in [5.41, 5.74) is 2.75. The second-order valence-corrected chi connectivity index (χ2v) is 6.50. The van der Waals surface area contributed by atoms with Crippen LogP contribution in [0, 0.1) is 6.92 Å². The molecule has 3 heterocycles. The van der Waals surface area contributed by atoms with Crippen molar-refractivity contribution < 1.29 is 14.2 Å². The molecule has 0 bridgehead atoms. The fourth-order valence-corrected chi connectivity index (χ4v) is 3.42. The second-order valence-electron chi connectivity index (χ2n) is 6.50. The van der Waals surface area contributed by atoms with Gasteiger partial charge < -0.3 is 19.5 Å². The van der Waals surface area contributed by atoms with E-state index in [2.05, 4.69) is 15.3 Å². The molecule has 1 N–H and O–H groups in total. The number of fused-ring (bicyclic) bond motifs is 1. The highest BCUT2D eigenvalue weighted by Crippen LogP contribution is 2.30. The summed E-state index contributed by atoms with van der Waals surface area (Å²) in [5.74, 6) is 2.29. The van der Waals surface area contributed by atoms with Gasteiger partial charge in [-0.05, 0) is 25.5 Å². The minimum atomic E-state index is 0.227. The van der Waals surface area contributed by atoms with Crippen LogP contribution in [0.1, 0.15) is 37.6 Å². The molecular formula is C21H29N5O3. The fourth-order valence-electron chi connectivity index (χ4n) is 3.42. The van der Waals surface area contributed by atoms with Crippen molar-refractivity contribution in [3.05, 3.63) is 35.8 Å². The Morgan fingerprint density at radius 3 is 2.72 bits per heavy atom.